The van der Waals surface area contributed by atoms with Crippen LogP contribution in [0.15, 0.2) is 53.4 Å². The van der Waals surface area contributed by atoms with Gasteiger partial charge in [0, 0.05) is 22.2 Å². The zero-order valence-electron chi connectivity index (χ0n) is 11.3. The molecule has 0 aliphatic carbocycles. The topological polar surface area (TPSA) is 29.1 Å². The molecule has 0 bridgehead atoms. The standard InChI is InChI=1S/C16H13F2NOS/c1-21-12-7-5-11(6-8-12)19-16(20)10-9-13-14(17)3-2-4-15(13)18/h2-10H,1H3,(H,19,20)/b10-9+. The molecule has 1 N–H and O–H groups in total. The predicted molar refractivity (Wildman–Crippen MR) is 82.2 cm³/mol. The van der Waals surface area contributed by atoms with E-state index in [0.717, 1.165) is 29.2 Å². The third kappa shape index (κ3) is 4.16. The van der Waals surface area contributed by atoms with E-state index in [9.17, 15) is 13.6 Å². The van der Waals surface area contributed by atoms with Crippen LogP contribution in [0.2, 0.25) is 0 Å². The maximum absolute atomic E-state index is 13.4. The molecule has 0 spiro atoms. The van der Waals surface area contributed by atoms with Gasteiger partial charge in [0.2, 0.25) is 5.91 Å². The molecule has 0 heterocycles. The average molecular weight is 305 g/mol. The van der Waals surface area contributed by atoms with Gasteiger partial charge in [0.15, 0.2) is 0 Å². The molecule has 0 aliphatic heterocycles. The summed E-state index contributed by atoms with van der Waals surface area (Å²) in [6.45, 7) is 0. The van der Waals surface area contributed by atoms with Gasteiger partial charge in [0.1, 0.15) is 11.6 Å². The first-order chi connectivity index (χ1) is 10.1. The lowest BCUT2D eigenvalue weighted by Gasteiger charge is -2.03. The third-order valence-corrected chi connectivity index (χ3v) is 3.50. The molecular formula is C16H13F2NOS. The van der Waals surface area contributed by atoms with Crippen molar-refractivity contribution >= 4 is 29.4 Å². The van der Waals surface area contributed by atoms with Gasteiger partial charge in [-0.25, -0.2) is 8.78 Å². The van der Waals surface area contributed by atoms with E-state index in [4.69, 9.17) is 0 Å². The first kappa shape index (κ1) is 15.3. The molecule has 2 aromatic carbocycles. The van der Waals surface area contributed by atoms with Crippen molar-refractivity contribution in [2.45, 2.75) is 4.90 Å². The van der Waals surface area contributed by atoms with E-state index < -0.39 is 17.5 Å². The molecule has 0 aromatic heterocycles. The van der Waals surface area contributed by atoms with E-state index in [-0.39, 0.29) is 5.56 Å². The second kappa shape index (κ2) is 7.04. The summed E-state index contributed by atoms with van der Waals surface area (Å²) in [5.41, 5.74) is 0.391. The molecule has 2 nitrogen and oxygen atoms in total. The van der Waals surface area contributed by atoms with Crippen LogP contribution in [-0.2, 0) is 4.79 Å². The number of amides is 1. The van der Waals surface area contributed by atoms with Gasteiger partial charge in [-0.1, -0.05) is 6.07 Å². The Balaban J connectivity index is 2.05. The largest absolute Gasteiger partial charge is 0.323 e. The third-order valence-electron chi connectivity index (χ3n) is 2.76. The van der Waals surface area contributed by atoms with Crippen LogP contribution in [0.5, 0.6) is 0 Å². The van der Waals surface area contributed by atoms with Crippen LogP contribution < -0.4 is 5.32 Å². The molecule has 0 saturated carbocycles. The predicted octanol–water partition coefficient (Wildman–Crippen LogP) is 4.34. The Morgan fingerprint density at radius 3 is 2.29 bits per heavy atom. The number of hydrogen-bond donors (Lipinski definition) is 1. The minimum absolute atomic E-state index is 0.231. The Hall–Kier alpha value is -2.14. The SMILES string of the molecule is CSc1ccc(NC(=O)/C=C/c2c(F)cccc2F)cc1. The number of rotatable bonds is 4. The highest BCUT2D eigenvalue weighted by atomic mass is 32.2. The Morgan fingerprint density at radius 1 is 1.10 bits per heavy atom. The van der Waals surface area contributed by atoms with Gasteiger partial charge in [-0.2, -0.15) is 0 Å². The number of benzene rings is 2. The van der Waals surface area contributed by atoms with Crippen LogP contribution in [0.1, 0.15) is 5.56 Å². The average Bonchev–Trinajstić information content (AvgIpc) is 2.47. The minimum Gasteiger partial charge on any atom is -0.323 e. The van der Waals surface area contributed by atoms with Gasteiger partial charge in [-0.05, 0) is 48.7 Å². The molecule has 0 aliphatic rings. The number of carbonyl (C=O) groups is 1. The molecule has 0 radical (unpaired) electrons. The number of nitrogens with one attached hydrogen (secondary N) is 1. The molecule has 2 rings (SSSR count). The number of thioether (sulfide) groups is 1. The van der Waals surface area contributed by atoms with Crippen LogP contribution in [0.4, 0.5) is 14.5 Å². The molecule has 0 fully saturated rings. The molecule has 2 aromatic rings. The zero-order valence-corrected chi connectivity index (χ0v) is 12.1. The van der Waals surface area contributed by atoms with Crippen molar-refractivity contribution in [2.24, 2.45) is 0 Å². The first-order valence-corrected chi connectivity index (χ1v) is 7.40. The maximum Gasteiger partial charge on any atom is 0.248 e. The van der Waals surface area contributed by atoms with Crippen molar-refractivity contribution in [1.82, 2.24) is 0 Å². The summed E-state index contributed by atoms with van der Waals surface area (Å²) in [5.74, 6) is -1.86. The summed E-state index contributed by atoms with van der Waals surface area (Å²) in [4.78, 5) is 12.8. The van der Waals surface area contributed by atoms with Crippen LogP contribution in [0, 0.1) is 11.6 Å². The molecule has 5 heteroatoms. The molecule has 0 unspecified atom stereocenters. The van der Waals surface area contributed by atoms with Crippen molar-refractivity contribution in [2.75, 3.05) is 11.6 Å². The highest BCUT2D eigenvalue weighted by Gasteiger charge is 2.05. The second-order valence-corrected chi connectivity index (χ2v) is 5.07. The van der Waals surface area contributed by atoms with E-state index in [1.165, 1.54) is 6.07 Å². The molecule has 1 amide bonds. The van der Waals surface area contributed by atoms with Crippen LogP contribution >= 0.6 is 11.8 Å². The normalized spacial score (nSPS) is 10.8. The van der Waals surface area contributed by atoms with Crippen molar-refractivity contribution in [1.29, 1.82) is 0 Å². The quantitative estimate of drug-likeness (QED) is 0.672. The molecule has 0 saturated heterocycles. The fraction of sp³-hybridized carbons (Fsp3) is 0.0625. The monoisotopic (exact) mass is 305 g/mol. The van der Waals surface area contributed by atoms with Gasteiger partial charge in [0.25, 0.3) is 0 Å². The fourth-order valence-electron chi connectivity index (χ4n) is 1.69. The van der Waals surface area contributed by atoms with E-state index in [0.29, 0.717) is 5.69 Å². The first-order valence-electron chi connectivity index (χ1n) is 6.17. The van der Waals surface area contributed by atoms with Crippen molar-refractivity contribution in [3.63, 3.8) is 0 Å². The lowest BCUT2D eigenvalue weighted by atomic mass is 10.2. The molecule has 21 heavy (non-hydrogen) atoms. The highest BCUT2D eigenvalue weighted by molar-refractivity contribution is 7.98. The lowest BCUT2D eigenvalue weighted by Crippen LogP contribution is -2.07. The highest BCUT2D eigenvalue weighted by Crippen LogP contribution is 2.18. The van der Waals surface area contributed by atoms with Gasteiger partial charge < -0.3 is 5.32 Å². The van der Waals surface area contributed by atoms with E-state index >= 15 is 0 Å². The van der Waals surface area contributed by atoms with Gasteiger partial charge in [-0.3, -0.25) is 4.79 Å². The smallest absolute Gasteiger partial charge is 0.248 e. The summed E-state index contributed by atoms with van der Waals surface area (Å²) in [6, 6.07) is 10.8. The van der Waals surface area contributed by atoms with E-state index in [1.807, 2.05) is 18.4 Å². The van der Waals surface area contributed by atoms with E-state index in [1.54, 1.807) is 23.9 Å². The Bertz CT molecular complexity index is 648. The lowest BCUT2D eigenvalue weighted by molar-refractivity contribution is -0.111. The van der Waals surface area contributed by atoms with Crippen molar-refractivity contribution in [3.8, 4) is 0 Å². The summed E-state index contributed by atoms with van der Waals surface area (Å²) in [7, 11) is 0. The van der Waals surface area contributed by atoms with Gasteiger partial charge in [0.05, 0.1) is 0 Å². The van der Waals surface area contributed by atoms with Gasteiger partial charge in [-0.15, -0.1) is 11.8 Å². The Labute approximate surface area is 125 Å². The number of anilines is 1. The summed E-state index contributed by atoms with van der Waals surface area (Å²) in [6.07, 6.45) is 4.18. The Morgan fingerprint density at radius 2 is 1.71 bits per heavy atom. The van der Waals surface area contributed by atoms with Crippen molar-refractivity contribution in [3.05, 3.63) is 65.7 Å². The van der Waals surface area contributed by atoms with E-state index in [2.05, 4.69) is 5.32 Å². The fourth-order valence-corrected chi connectivity index (χ4v) is 2.10. The summed E-state index contributed by atoms with van der Waals surface area (Å²) in [5, 5.41) is 2.62. The maximum atomic E-state index is 13.4. The van der Waals surface area contributed by atoms with Crippen LogP contribution in [0.25, 0.3) is 6.08 Å². The summed E-state index contributed by atoms with van der Waals surface area (Å²) >= 11 is 1.60. The van der Waals surface area contributed by atoms with Crippen LogP contribution in [-0.4, -0.2) is 12.2 Å². The minimum atomic E-state index is -0.705. The zero-order chi connectivity index (χ0) is 15.2. The Kier molecular flexibility index (Phi) is 5.11. The van der Waals surface area contributed by atoms with Crippen molar-refractivity contribution < 1.29 is 13.6 Å². The number of carbonyl (C=O) groups excluding carboxylic acids is 1. The number of hydrogen-bond acceptors (Lipinski definition) is 2. The number of halogens is 2. The second-order valence-electron chi connectivity index (χ2n) is 4.19. The van der Waals surface area contributed by atoms with Gasteiger partial charge >= 0.3 is 0 Å². The molecule has 108 valence electrons. The summed E-state index contributed by atoms with van der Waals surface area (Å²) < 4.78 is 26.8. The van der Waals surface area contributed by atoms with Crippen LogP contribution in [0.3, 0.4) is 0 Å². The molecule has 0 atom stereocenters. The molecular weight excluding hydrogens is 292 g/mol.